The van der Waals surface area contributed by atoms with E-state index in [0.717, 1.165) is 37.2 Å². The molecule has 1 aromatic carbocycles. The van der Waals surface area contributed by atoms with E-state index < -0.39 is 0 Å². The molecule has 2 atom stereocenters. The molecule has 0 radical (unpaired) electrons. The van der Waals surface area contributed by atoms with Crippen LogP contribution in [0.15, 0.2) is 29.3 Å². The number of hydrogen-bond donors (Lipinski definition) is 2. The van der Waals surface area contributed by atoms with Crippen LogP contribution in [-0.4, -0.2) is 31.8 Å². The van der Waals surface area contributed by atoms with Gasteiger partial charge in [-0.05, 0) is 25.3 Å². The molecule has 0 saturated carbocycles. The Kier molecular flexibility index (Phi) is 4.60. The lowest BCUT2D eigenvalue weighted by atomic mass is 10.0. The zero-order valence-corrected chi connectivity index (χ0v) is 12.3. The van der Waals surface area contributed by atoms with Crippen molar-refractivity contribution in [1.29, 1.82) is 0 Å². The molecule has 0 amide bonds. The lowest BCUT2D eigenvalue weighted by Crippen LogP contribution is -2.38. The van der Waals surface area contributed by atoms with Crippen LogP contribution in [0.1, 0.15) is 37.3 Å². The number of ether oxygens (including phenoxy) is 2. The molecule has 3 rings (SSSR count). The van der Waals surface area contributed by atoms with E-state index >= 15 is 0 Å². The Morgan fingerprint density at radius 2 is 2.14 bits per heavy atom. The highest BCUT2D eigenvalue weighted by Gasteiger charge is 2.21. The van der Waals surface area contributed by atoms with Gasteiger partial charge in [-0.15, -0.1) is 0 Å². The van der Waals surface area contributed by atoms with E-state index in [1.807, 2.05) is 18.2 Å². The molecule has 0 aliphatic carbocycles. The number of guanidine groups is 1. The number of nitrogens with one attached hydrogen (secondary N) is 1. The third-order valence-electron chi connectivity index (χ3n) is 4.02. The number of benzene rings is 1. The number of fused-ring (bicyclic) bond motifs is 1. The molecule has 3 N–H and O–H groups in total. The second-order valence-corrected chi connectivity index (χ2v) is 5.59. The van der Waals surface area contributed by atoms with E-state index in [1.54, 1.807) is 0 Å². The maximum atomic E-state index is 6.02. The van der Waals surface area contributed by atoms with Crippen molar-refractivity contribution in [3.8, 4) is 5.75 Å². The van der Waals surface area contributed by atoms with Crippen molar-refractivity contribution < 1.29 is 9.47 Å². The zero-order valence-electron chi connectivity index (χ0n) is 12.3. The highest BCUT2D eigenvalue weighted by Crippen LogP contribution is 2.31. The van der Waals surface area contributed by atoms with Gasteiger partial charge in [0, 0.05) is 18.6 Å². The van der Waals surface area contributed by atoms with Crippen LogP contribution in [0.4, 0.5) is 0 Å². The lowest BCUT2D eigenvalue weighted by molar-refractivity contribution is 0.0224. The molecular formula is C16H23N3O2. The molecule has 0 spiro atoms. The molecule has 114 valence electrons. The third kappa shape index (κ3) is 3.67. The predicted molar refractivity (Wildman–Crippen MR) is 82.5 cm³/mol. The van der Waals surface area contributed by atoms with E-state index in [9.17, 15) is 0 Å². The molecule has 1 fully saturated rings. The average Bonchev–Trinajstić information content (AvgIpc) is 2.54. The maximum absolute atomic E-state index is 6.02. The second kappa shape index (κ2) is 6.80. The molecule has 0 bridgehead atoms. The fourth-order valence-corrected chi connectivity index (χ4v) is 2.87. The average molecular weight is 289 g/mol. The van der Waals surface area contributed by atoms with Crippen LogP contribution in [0.2, 0.25) is 0 Å². The summed E-state index contributed by atoms with van der Waals surface area (Å²) in [5, 5.41) is 3.31. The van der Waals surface area contributed by atoms with Gasteiger partial charge in [-0.2, -0.15) is 0 Å². The first-order valence-corrected chi connectivity index (χ1v) is 7.73. The van der Waals surface area contributed by atoms with Gasteiger partial charge in [-0.25, -0.2) is 0 Å². The van der Waals surface area contributed by atoms with Crippen molar-refractivity contribution >= 4 is 5.96 Å². The van der Waals surface area contributed by atoms with Crippen LogP contribution in [-0.2, 0) is 4.74 Å². The Morgan fingerprint density at radius 1 is 1.24 bits per heavy atom. The summed E-state index contributed by atoms with van der Waals surface area (Å²) in [6.07, 6.45) is 4.58. The van der Waals surface area contributed by atoms with E-state index in [2.05, 4.69) is 16.4 Å². The standard InChI is InChI=1S/C16H23N3O2/c17-16(18-11-12-5-3-4-9-20-12)19-14-8-10-21-15-7-2-1-6-13(14)15/h1-2,6-7,12,14H,3-5,8-11H2,(H3,17,18,19). The van der Waals surface area contributed by atoms with E-state index in [4.69, 9.17) is 15.2 Å². The summed E-state index contributed by atoms with van der Waals surface area (Å²) < 4.78 is 11.3. The minimum atomic E-state index is 0.172. The fourth-order valence-electron chi connectivity index (χ4n) is 2.87. The van der Waals surface area contributed by atoms with Gasteiger partial charge >= 0.3 is 0 Å². The summed E-state index contributed by atoms with van der Waals surface area (Å²) in [5.74, 6) is 1.43. The molecule has 2 aliphatic heterocycles. The largest absolute Gasteiger partial charge is 0.493 e. The van der Waals surface area contributed by atoms with Crippen molar-refractivity contribution in [3.63, 3.8) is 0 Å². The van der Waals surface area contributed by atoms with Crippen molar-refractivity contribution in [2.75, 3.05) is 19.8 Å². The summed E-state index contributed by atoms with van der Waals surface area (Å²) in [5.41, 5.74) is 7.17. The number of hydrogen-bond acceptors (Lipinski definition) is 3. The molecule has 2 heterocycles. The first-order chi connectivity index (χ1) is 10.3. The molecule has 5 nitrogen and oxygen atoms in total. The quantitative estimate of drug-likeness (QED) is 0.659. The molecule has 2 aliphatic rings. The number of nitrogens with zero attached hydrogens (tertiary/aromatic N) is 1. The summed E-state index contributed by atoms with van der Waals surface area (Å²) in [6, 6.07) is 8.24. The Hall–Kier alpha value is -1.75. The fraction of sp³-hybridized carbons (Fsp3) is 0.562. The van der Waals surface area contributed by atoms with Gasteiger partial charge in [0.15, 0.2) is 5.96 Å². The van der Waals surface area contributed by atoms with Gasteiger partial charge in [0.2, 0.25) is 0 Å². The number of aliphatic imine (C=N–C) groups is 1. The number of rotatable bonds is 3. The number of nitrogens with two attached hydrogens (primary N) is 1. The van der Waals surface area contributed by atoms with Gasteiger partial charge in [-0.1, -0.05) is 18.2 Å². The molecule has 1 aromatic rings. The van der Waals surface area contributed by atoms with E-state index in [-0.39, 0.29) is 12.1 Å². The molecule has 2 unspecified atom stereocenters. The van der Waals surface area contributed by atoms with Gasteiger partial charge in [0.25, 0.3) is 0 Å². The van der Waals surface area contributed by atoms with Crippen molar-refractivity contribution in [2.45, 2.75) is 37.8 Å². The normalized spacial score (nSPS) is 25.8. The molecule has 0 aromatic heterocycles. The van der Waals surface area contributed by atoms with Crippen LogP contribution < -0.4 is 15.8 Å². The smallest absolute Gasteiger partial charge is 0.189 e. The maximum Gasteiger partial charge on any atom is 0.189 e. The monoisotopic (exact) mass is 289 g/mol. The van der Waals surface area contributed by atoms with Gasteiger partial charge in [-0.3, -0.25) is 4.99 Å². The van der Waals surface area contributed by atoms with Gasteiger partial charge in [0.05, 0.1) is 25.3 Å². The summed E-state index contributed by atoms with van der Waals surface area (Å²) in [6.45, 7) is 2.19. The van der Waals surface area contributed by atoms with Crippen molar-refractivity contribution in [3.05, 3.63) is 29.8 Å². The first kappa shape index (κ1) is 14.2. The molecule has 1 saturated heterocycles. The Balaban J connectivity index is 1.58. The third-order valence-corrected chi connectivity index (χ3v) is 4.02. The second-order valence-electron chi connectivity index (χ2n) is 5.59. The van der Waals surface area contributed by atoms with Gasteiger partial charge in [0.1, 0.15) is 5.75 Å². The lowest BCUT2D eigenvalue weighted by Gasteiger charge is -2.27. The molecule has 21 heavy (non-hydrogen) atoms. The van der Waals surface area contributed by atoms with Crippen molar-refractivity contribution in [1.82, 2.24) is 5.32 Å². The summed E-state index contributed by atoms with van der Waals surface area (Å²) in [7, 11) is 0. The minimum Gasteiger partial charge on any atom is -0.493 e. The zero-order chi connectivity index (χ0) is 14.5. The molecule has 5 heteroatoms. The Bertz CT molecular complexity index is 498. The number of para-hydroxylation sites is 1. The SMILES string of the molecule is NC(=NCC1CCCCO1)NC1CCOc2ccccc21. The summed E-state index contributed by atoms with van der Waals surface area (Å²) in [4.78, 5) is 4.43. The highest BCUT2D eigenvalue weighted by atomic mass is 16.5. The van der Waals surface area contributed by atoms with E-state index in [1.165, 1.54) is 6.42 Å². The Labute approximate surface area is 125 Å². The van der Waals surface area contributed by atoms with Crippen LogP contribution in [0.3, 0.4) is 0 Å². The topological polar surface area (TPSA) is 68.9 Å². The van der Waals surface area contributed by atoms with Gasteiger partial charge < -0.3 is 20.5 Å². The minimum absolute atomic E-state index is 0.172. The predicted octanol–water partition coefficient (Wildman–Crippen LogP) is 1.98. The van der Waals surface area contributed by atoms with Crippen molar-refractivity contribution in [2.24, 2.45) is 10.7 Å². The highest BCUT2D eigenvalue weighted by molar-refractivity contribution is 5.78. The van der Waals surface area contributed by atoms with E-state index in [0.29, 0.717) is 19.1 Å². The summed E-state index contributed by atoms with van der Waals surface area (Å²) >= 11 is 0. The molecular weight excluding hydrogens is 266 g/mol. The van der Waals surface area contributed by atoms with Crippen LogP contribution in [0.5, 0.6) is 5.75 Å². The first-order valence-electron chi connectivity index (χ1n) is 7.73. The van der Waals surface area contributed by atoms with Crippen LogP contribution in [0.25, 0.3) is 0 Å². The van der Waals surface area contributed by atoms with Crippen LogP contribution in [0, 0.1) is 0 Å². The Morgan fingerprint density at radius 3 is 3.00 bits per heavy atom. The van der Waals surface area contributed by atoms with Crippen LogP contribution >= 0.6 is 0 Å².